The molecule has 0 bridgehead atoms. The van der Waals surface area contributed by atoms with Gasteiger partial charge in [0.15, 0.2) is 4.75 Å². The lowest BCUT2D eigenvalue weighted by Crippen LogP contribution is -2.17. The van der Waals surface area contributed by atoms with Gasteiger partial charge in [0.25, 0.3) is 0 Å². The first-order chi connectivity index (χ1) is 6.77. The largest absolute Gasteiger partial charge is 0.227 e. The number of hydrogen-bond donors (Lipinski definition) is 0. The molecule has 0 aromatic carbocycles. The van der Waals surface area contributed by atoms with Crippen LogP contribution in [0.2, 0.25) is 5.28 Å². The van der Waals surface area contributed by atoms with Crippen LogP contribution in [0.3, 0.4) is 0 Å². The number of rotatable bonds is 1. The molecule has 5 heteroatoms. The van der Waals surface area contributed by atoms with E-state index in [0.717, 1.165) is 0 Å². The fourth-order valence-corrected chi connectivity index (χ4v) is 2.33. The number of aromatic nitrogens is 2. The topological polar surface area (TPSA) is 49.6 Å². The molecular weight excluding hydrogens is 218 g/mol. The molecule has 0 fully saturated rings. The maximum Gasteiger partial charge on any atom is 0.222 e. The molecule has 70 valence electrons. The van der Waals surface area contributed by atoms with Crippen molar-refractivity contribution in [3.63, 3.8) is 0 Å². The van der Waals surface area contributed by atoms with Crippen LogP contribution in [0.25, 0.3) is 0 Å². The van der Waals surface area contributed by atoms with E-state index in [9.17, 15) is 0 Å². The molecule has 1 atom stereocenters. The second-order valence-electron chi connectivity index (χ2n) is 2.84. The van der Waals surface area contributed by atoms with Gasteiger partial charge >= 0.3 is 0 Å². The second kappa shape index (κ2) is 3.60. The molecule has 1 aromatic rings. The number of halogens is 1. The van der Waals surface area contributed by atoms with Gasteiger partial charge in [-0.15, -0.1) is 11.8 Å². The van der Waals surface area contributed by atoms with Crippen LogP contribution in [0, 0.1) is 11.3 Å². The summed E-state index contributed by atoms with van der Waals surface area (Å²) in [4.78, 5) is 7.86. The quantitative estimate of drug-likeness (QED) is 0.687. The predicted molar refractivity (Wildman–Crippen MR) is 55.7 cm³/mol. The maximum atomic E-state index is 9.15. The third-order valence-electron chi connectivity index (χ3n) is 1.99. The Bertz CT molecular complexity index is 416. The highest BCUT2D eigenvalue weighted by Crippen LogP contribution is 2.43. The standard InChI is InChI=1S/C9H6ClN3S/c10-8-12-4-2-7(13-8)9(6-11)3-1-5-14-9/h1-2,4-5H,3H2. The minimum Gasteiger partial charge on any atom is -0.227 e. The summed E-state index contributed by atoms with van der Waals surface area (Å²) in [6.07, 6.45) is 4.20. The lowest BCUT2D eigenvalue weighted by atomic mass is 10.0. The van der Waals surface area contributed by atoms with Crippen LogP contribution >= 0.6 is 23.4 Å². The fourth-order valence-electron chi connectivity index (χ4n) is 1.28. The Morgan fingerprint density at radius 2 is 2.50 bits per heavy atom. The van der Waals surface area contributed by atoms with Gasteiger partial charge in [0, 0.05) is 12.6 Å². The van der Waals surface area contributed by atoms with Crippen LogP contribution in [-0.4, -0.2) is 9.97 Å². The summed E-state index contributed by atoms with van der Waals surface area (Å²) in [6, 6.07) is 4.00. The highest BCUT2D eigenvalue weighted by atomic mass is 35.5. The summed E-state index contributed by atoms with van der Waals surface area (Å²) in [5, 5.41) is 11.2. The lowest BCUT2D eigenvalue weighted by Gasteiger charge is -2.17. The van der Waals surface area contributed by atoms with Crippen LogP contribution in [0.15, 0.2) is 23.7 Å². The van der Waals surface area contributed by atoms with E-state index in [-0.39, 0.29) is 5.28 Å². The average Bonchev–Trinajstić information content (AvgIpc) is 2.67. The van der Waals surface area contributed by atoms with Crippen LogP contribution in [0.1, 0.15) is 12.1 Å². The first kappa shape index (κ1) is 9.50. The zero-order chi connectivity index (χ0) is 10.0. The zero-order valence-corrected chi connectivity index (χ0v) is 8.72. The van der Waals surface area contributed by atoms with Gasteiger partial charge in [-0.05, 0) is 23.1 Å². The smallest absolute Gasteiger partial charge is 0.222 e. The van der Waals surface area contributed by atoms with Crippen molar-refractivity contribution in [2.45, 2.75) is 11.2 Å². The van der Waals surface area contributed by atoms with Crippen LogP contribution in [0.4, 0.5) is 0 Å². The zero-order valence-electron chi connectivity index (χ0n) is 7.14. The van der Waals surface area contributed by atoms with Crippen LogP contribution in [0.5, 0.6) is 0 Å². The van der Waals surface area contributed by atoms with E-state index < -0.39 is 4.75 Å². The molecule has 14 heavy (non-hydrogen) atoms. The molecule has 0 N–H and O–H groups in total. The van der Waals surface area contributed by atoms with Crippen molar-refractivity contribution < 1.29 is 0 Å². The number of nitriles is 1. The molecule has 0 radical (unpaired) electrons. The summed E-state index contributed by atoms with van der Waals surface area (Å²) < 4.78 is -0.605. The number of hydrogen-bond acceptors (Lipinski definition) is 4. The Balaban J connectivity index is 2.43. The summed E-state index contributed by atoms with van der Waals surface area (Å²) in [5.74, 6) is 0. The lowest BCUT2D eigenvalue weighted by molar-refractivity contribution is 0.775. The van der Waals surface area contributed by atoms with E-state index in [4.69, 9.17) is 16.9 Å². The highest BCUT2D eigenvalue weighted by Gasteiger charge is 2.35. The first-order valence-electron chi connectivity index (χ1n) is 4.00. The number of thioether (sulfide) groups is 1. The molecule has 1 aliphatic rings. The van der Waals surface area contributed by atoms with Crippen molar-refractivity contribution in [3.05, 3.63) is 34.7 Å². The van der Waals surface area contributed by atoms with Gasteiger partial charge in [-0.3, -0.25) is 0 Å². The van der Waals surface area contributed by atoms with E-state index in [2.05, 4.69) is 16.0 Å². The molecule has 0 aliphatic carbocycles. The van der Waals surface area contributed by atoms with Gasteiger partial charge in [-0.25, -0.2) is 9.97 Å². The molecule has 3 nitrogen and oxygen atoms in total. The third kappa shape index (κ3) is 1.49. The molecule has 1 aromatic heterocycles. The van der Waals surface area contributed by atoms with E-state index in [0.29, 0.717) is 12.1 Å². The van der Waals surface area contributed by atoms with Crippen LogP contribution in [-0.2, 0) is 4.75 Å². The Morgan fingerprint density at radius 3 is 3.07 bits per heavy atom. The average molecular weight is 224 g/mol. The molecule has 0 amide bonds. The van der Waals surface area contributed by atoms with E-state index >= 15 is 0 Å². The maximum absolute atomic E-state index is 9.15. The van der Waals surface area contributed by atoms with Gasteiger partial charge in [0.05, 0.1) is 11.8 Å². The molecule has 1 unspecified atom stereocenters. The summed E-state index contributed by atoms with van der Waals surface area (Å²) in [5.41, 5.74) is 0.676. The molecule has 2 heterocycles. The van der Waals surface area contributed by atoms with Crippen molar-refractivity contribution in [3.8, 4) is 6.07 Å². The van der Waals surface area contributed by atoms with Crippen LogP contribution < -0.4 is 0 Å². The van der Waals surface area contributed by atoms with Gasteiger partial charge < -0.3 is 0 Å². The van der Waals surface area contributed by atoms with Crippen molar-refractivity contribution in [2.75, 3.05) is 0 Å². The van der Waals surface area contributed by atoms with Crippen molar-refractivity contribution in [2.24, 2.45) is 0 Å². The third-order valence-corrected chi connectivity index (χ3v) is 3.37. The number of allylic oxidation sites excluding steroid dienone is 1. The molecule has 0 saturated heterocycles. The Hall–Kier alpha value is -1.05. The van der Waals surface area contributed by atoms with Gasteiger partial charge in [0.2, 0.25) is 5.28 Å². The summed E-state index contributed by atoms with van der Waals surface area (Å²) in [7, 11) is 0. The van der Waals surface area contributed by atoms with E-state index in [1.165, 1.54) is 11.8 Å². The predicted octanol–water partition coefficient (Wildman–Crippen LogP) is 2.50. The Labute approximate surface area is 90.8 Å². The normalized spacial score (nSPS) is 24.9. The summed E-state index contributed by atoms with van der Waals surface area (Å²) >= 11 is 7.14. The minimum absolute atomic E-state index is 0.185. The fraction of sp³-hybridized carbons (Fsp3) is 0.222. The summed E-state index contributed by atoms with van der Waals surface area (Å²) in [6.45, 7) is 0. The number of nitrogens with zero attached hydrogens (tertiary/aromatic N) is 3. The van der Waals surface area contributed by atoms with Gasteiger partial charge in [-0.2, -0.15) is 5.26 Å². The molecule has 2 rings (SSSR count). The minimum atomic E-state index is -0.605. The van der Waals surface area contributed by atoms with Crippen molar-refractivity contribution >= 4 is 23.4 Å². The van der Waals surface area contributed by atoms with E-state index in [1.807, 2.05) is 11.5 Å². The van der Waals surface area contributed by atoms with E-state index in [1.54, 1.807) is 12.3 Å². The Kier molecular flexibility index (Phi) is 2.44. The molecule has 0 spiro atoms. The first-order valence-corrected chi connectivity index (χ1v) is 5.26. The highest BCUT2D eigenvalue weighted by molar-refractivity contribution is 8.03. The van der Waals surface area contributed by atoms with Gasteiger partial charge in [0.1, 0.15) is 0 Å². The Morgan fingerprint density at radius 1 is 1.64 bits per heavy atom. The molecule has 0 saturated carbocycles. The second-order valence-corrected chi connectivity index (χ2v) is 4.39. The molecule has 1 aliphatic heterocycles. The van der Waals surface area contributed by atoms with Gasteiger partial charge in [-0.1, -0.05) is 6.08 Å². The SMILES string of the molecule is N#CC1(c2ccnc(Cl)n2)CC=CS1. The monoisotopic (exact) mass is 223 g/mol. The van der Waals surface area contributed by atoms with Crippen molar-refractivity contribution in [1.82, 2.24) is 9.97 Å². The van der Waals surface area contributed by atoms with Crippen molar-refractivity contribution in [1.29, 1.82) is 5.26 Å². The molecular formula is C9H6ClN3S.